The number of nitrogens with zero attached hydrogens (tertiary/aromatic N) is 6. The highest BCUT2D eigenvalue weighted by Crippen LogP contribution is 2.31. The fourth-order valence-corrected chi connectivity index (χ4v) is 5.08. The maximum Gasteiger partial charge on any atom is 0.186 e. The second kappa shape index (κ2) is 9.51. The predicted molar refractivity (Wildman–Crippen MR) is 131 cm³/mol. The molecule has 0 radical (unpaired) electrons. The molecule has 0 aliphatic carbocycles. The van der Waals surface area contributed by atoms with Gasteiger partial charge in [0.25, 0.3) is 0 Å². The minimum absolute atomic E-state index is 0.190. The lowest BCUT2D eigenvalue weighted by atomic mass is 10.1. The lowest BCUT2D eigenvalue weighted by molar-refractivity contribution is 0.352. The average molecular weight is 453 g/mol. The Bertz CT molecular complexity index is 1100. The molecule has 0 amide bonds. The fraction of sp³-hybridized carbons (Fsp3) is 0.542. The van der Waals surface area contributed by atoms with Crippen LogP contribution in [0.1, 0.15) is 31.0 Å². The highest BCUT2D eigenvalue weighted by atomic mass is 19.1. The zero-order valence-corrected chi connectivity index (χ0v) is 19.6. The monoisotopic (exact) mass is 452 g/mol. The Kier molecular flexibility index (Phi) is 6.30. The van der Waals surface area contributed by atoms with Gasteiger partial charge in [-0.3, -0.25) is 5.10 Å². The lowest BCUT2D eigenvalue weighted by Crippen LogP contribution is -2.47. The van der Waals surface area contributed by atoms with E-state index >= 15 is 0 Å². The second-order valence-corrected chi connectivity index (χ2v) is 9.00. The Morgan fingerprint density at radius 2 is 1.79 bits per heavy atom. The molecule has 176 valence electrons. The number of aromatic amines is 1. The molecule has 8 nitrogen and oxygen atoms in total. The Hall–Kier alpha value is -2.94. The number of H-pyrrole nitrogens is 1. The maximum atomic E-state index is 14.5. The van der Waals surface area contributed by atoms with E-state index in [2.05, 4.69) is 54.0 Å². The van der Waals surface area contributed by atoms with Crippen LogP contribution in [0.25, 0.3) is 11.0 Å². The summed E-state index contributed by atoms with van der Waals surface area (Å²) < 4.78 is 14.5. The van der Waals surface area contributed by atoms with Crippen LogP contribution in [0.3, 0.4) is 0 Å². The van der Waals surface area contributed by atoms with Crippen molar-refractivity contribution < 1.29 is 4.39 Å². The number of aryl methyl sites for hydroxylation is 1. The van der Waals surface area contributed by atoms with E-state index in [1.165, 1.54) is 25.9 Å². The normalized spacial score (nSPS) is 17.3. The van der Waals surface area contributed by atoms with Gasteiger partial charge in [-0.25, -0.2) is 14.4 Å². The van der Waals surface area contributed by atoms with E-state index in [1.54, 1.807) is 18.5 Å². The molecule has 2 fully saturated rings. The molecule has 0 unspecified atom stereocenters. The number of hydrogen-bond donors (Lipinski definition) is 2. The Balaban J connectivity index is 1.28. The van der Waals surface area contributed by atoms with Crippen LogP contribution in [-0.2, 0) is 6.42 Å². The van der Waals surface area contributed by atoms with E-state index < -0.39 is 0 Å². The van der Waals surface area contributed by atoms with Gasteiger partial charge >= 0.3 is 0 Å². The van der Waals surface area contributed by atoms with Crippen LogP contribution in [0, 0.1) is 12.7 Å². The number of halogens is 1. The number of likely N-dealkylation sites (tertiary alicyclic amines) is 1. The third-order valence-electron chi connectivity index (χ3n) is 6.97. The predicted octanol–water partition coefficient (Wildman–Crippen LogP) is 3.20. The molecule has 0 bridgehead atoms. The van der Waals surface area contributed by atoms with Gasteiger partial charge in [0, 0.05) is 56.3 Å². The van der Waals surface area contributed by atoms with Gasteiger partial charge in [0.2, 0.25) is 0 Å². The first-order valence-corrected chi connectivity index (χ1v) is 12.1. The molecule has 1 aromatic carbocycles. The third kappa shape index (κ3) is 4.46. The number of benzene rings is 1. The minimum atomic E-state index is -0.190. The first-order valence-electron chi connectivity index (χ1n) is 12.1. The quantitative estimate of drug-likeness (QED) is 0.570. The zero-order chi connectivity index (χ0) is 22.8. The molecule has 2 saturated heterocycles. The van der Waals surface area contributed by atoms with Gasteiger partial charge in [0.1, 0.15) is 18.0 Å². The van der Waals surface area contributed by atoms with Gasteiger partial charge in [-0.2, -0.15) is 5.10 Å². The van der Waals surface area contributed by atoms with E-state index in [-0.39, 0.29) is 5.82 Å². The van der Waals surface area contributed by atoms with Crippen LogP contribution in [0.2, 0.25) is 0 Å². The first-order chi connectivity index (χ1) is 16.1. The van der Waals surface area contributed by atoms with Crippen molar-refractivity contribution in [2.45, 2.75) is 33.1 Å². The minimum Gasteiger partial charge on any atom is -0.383 e. The fourth-order valence-electron chi connectivity index (χ4n) is 5.08. The number of anilines is 3. The number of hydrogen-bond acceptors (Lipinski definition) is 7. The summed E-state index contributed by atoms with van der Waals surface area (Å²) in [6.45, 7) is 11.6. The largest absolute Gasteiger partial charge is 0.383 e. The summed E-state index contributed by atoms with van der Waals surface area (Å²) >= 11 is 0. The highest BCUT2D eigenvalue weighted by molar-refractivity contribution is 5.89. The van der Waals surface area contributed by atoms with Crippen molar-refractivity contribution in [3.63, 3.8) is 0 Å². The Labute approximate surface area is 194 Å². The number of aromatic nitrogens is 4. The molecule has 2 aromatic heterocycles. The molecule has 9 heteroatoms. The first kappa shape index (κ1) is 21.9. The van der Waals surface area contributed by atoms with Crippen molar-refractivity contribution in [3.8, 4) is 0 Å². The molecular formula is C24H33FN8. The summed E-state index contributed by atoms with van der Waals surface area (Å²) in [7, 11) is 0. The SMILES string of the molecule is CCc1[nH]nc2ncnc(N3CCN(c4cc(F)cc(NCCN5CCCC5)c4C)CC3)c12. The molecule has 0 spiro atoms. The van der Waals surface area contributed by atoms with E-state index in [0.717, 1.165) is 79.5 Å². The van der Waals surface area contributed by atoms with Crippen LogP contribution < -0.4 is 15.1 Å². The van der Waals surface area contributed by atoms with E-state index in [1.807, 2.05) is 0 Å². The summed E-state index contributed by atoms with van der Waals surface area (Å²) in [4.78, 5) is 15.9. The van der Waals surface area contributed by atoms with Crippen molar-refractivity contribution in [3.05, 3.63) is 35.5 Å². The van der Waals surface area contributed by atoms with Crippen molar-refractivity contribution in [2.24, 2.45) is 0 Å². The van der Waals surface area contributed by atoms with Gasteiger partial charge in [0.05, 0.1) is 5.39 Å². The summed E-state index contributed by atoms with van der Waals surface area (Å²) in [5, 5.41) is 11.9. The molecule has 2 N–H and O–H groups in total. The topological polar surface area (TPSA) is 76.2 Å². The van der Waals surface area contributed by atoms with Crippen LogP contribution in [0.5, 0.6) is 0 Å². The molecule has 33 heavy (non-hydrogen) atoms. The van der Waals surface area contributed by atoms with Crippen LogP contribution in [0.4, 0.5) is 21.6 Å². The van der Waals surface area contributed by atoms with Crippen LogP contribution in [0.15, 0.2) is 18.5 Å². The highest BCUT2D eigenvalue weighted by Gasteiger charge is 2.24. The number of piperazine rings is 1. The van der Waals surface area contributed by atoms with Gasteiger partial charge < -0.3 is 20.0 Å². The molecule has 0 atom stereocenters. The summed E-state index contributed by atoms with van der Waals surface area (Å²) in [5.41, 5.74) is 4.76. The van der Waals surface area contributed by atoms with Crippen molar-refractivity contribution in [1.82, 2.24) is 25.1 Å². The molecular weight excluding hydrogens is 419 g/mol. The molecule has 0 saturated carbocycles. The molecule has 2 aliphatic heterocycles. The summed E-state index contributed by atoms with van der Waals surface area (Å²) in [6.07, 6.45) is 5.01. The Morgan fingerprint density at radius 3 is 2.55 bits per heavy atom. The summed E-state index contributed by atoms with van der Waals surface area (Å²) in [6, 6.07) is 3.30. The van der Waals surface area contributed by atoms with Gasteiger partial charge in [-0.05, 0) is 57.0 Å². The zero-order valence-electron chi connectivity index (χ0n) is 19.6. The van der Waals surface area contributed by atoms with Crippen molar-refractivity contribution >= 4 is 28.2 Å². The Morgan fingerprint density at radius 1 is 1.03 bits per heavy atom. The molecule has 4 heterocycles. The van der Waals surface area contributed by atoms with Crippen molar-refractivity contribution in [1.29, 1.82) is 0 Å². The van der Waals surface area contributed by atoms with E-state index in [0.29, 0.717) is 5.65 Å². The van der Waals surface area contributed by atoms with Crippen molar-refractivity contribution in [2.75, 3.05) is 67.5 Å². The van der Waals surface area contributed by atoms with Gasteiger partial charge in [-0.15, -0.1) is 0 Å². The number of nitrogens with one attached hydrogen (secondary N) is 2. The third-order valence-corrected chi connectivity index (χ3v) is 6.97. The number of rotatable bonds is 7. The molecule has 5 rings (SSSR count). The smallest absolute Gasteiger partial charge is 0.186 e. The van der Waals surface area contributed by atoms with E-state index in [4.69, 9.17) is 0 Å². The number of fused-ring (bicyclic) bond motifs is 1. The second-order valence-electron chi connectivity index (χ2n) is 9.00. The lowest BCUT2D eigenvalue weighted by Gasteiger charge is -2.38. The van der Waals surface area contributed by atoms with E-state index in [9.17, 15) is 4.39 Å². The standard InChI is InChI=1S/C24H33FN8/c1-3-19-22-23(30-29-19)27-16-28-24(22)33-12-10-32(11-13-33)21-15-18(25)14-20(17(21)2)26-6-9-31-7-4-5-8-31/h14-16,26H,3-13H2,1-2H3,(H,27,28,29,30). The molecule has 2 aliphatic rings. The van der Waals surface area contributed by atoms with Gasteiger partial charge in [-0.1, -0.05) is 6.92 Å². The average Bonchev–Trinajstić information content (AvgIpc) is 3.51. The molecule has 3 aromatic rings. The van der Waals surface area contributed by atoms with Crippen LogP contribution >= 0.6 is 0 Å². The maximum absolute atomic E-state index is 14.5. The van der Waals surface area contributed by atoms with Crippen LogP contribution in [-0.4, -0.2) is 77.4 Å². The summed E-state index contributed by atoms with van der Waals surface area (Å²) in [5.74, 6) is 0.746. The van der Waals surface area contributed by atoms with Gasteiger partial charge in [0.15, 0.2) is 5.65 Å².